The van der Waals surface area contributed by atoms with Crippen molar-refractivity contribution in [2.24, 2.45) is 0 Å². The molecule has 0 aliphatic rings. The molecule has 2 nitrogen and oxygen atoms in total. The van der Waals surface area contributed by atoms with E-state index in [1.807, 2.05) is 17.4 Å². The highest BCUT2D eigenvalue weighted by Crippen LogP contribution is 2.42. The number of rotatable bonds is 4. The van der Waals surface area contributed by atoms with Crippen molar-refractivity contribution in [2.75, 3.05) is 0 Å². The second-order valence-corrected chi connectivity index (χ2v) is 13.6. The van der Waals surface area contributed by atoms with Crippen LogP contribution in [0.4, 0.5) is 0 Å². The van der Waals surface area contributed by atoms with E-state index in [2.05, 4.69) is 164 Å². The van der Waals surface area contributed by atoms with Crippen molar-refractivity contribution in [3.63, 3.8) is 0 Å². The largest absolute Gasteiger partial charge is 0.228 e. The van der Waals surface area contributed by atoms with E-state index >= 15 is 0 Å². The molecule has 0 bridgehead atoms. The molecule has 3 heteroatoms. The summed E-state index contributed by atoms with van der Waals surface area (Å²) in [5.74, 6) is 0.712. The molecule has 2 heterocycles. The Hall–Kier alpha value is -6.16. The zero-order chi connectivity index (χ0) is 32.3. The lowest BCUT2D eigenvalue weighted by atomic mass is 9.90. The van der Waals surface area contributed by atoms with Crippen molar-refractivity contribution in [2.45, 2.75) is 0 Å². The first kappa shape index (κ1) is 27.9. The van der Waals surface area contributed by atoms with Gasteiger partial charge in [-0.3, -0.25) is 0 Å². The van der Waals surface area contributed by atoms with E-state index in [1.165, 1.54) is 58.1 Å². The average molecular weight is 641 g/mol. The summed E-state index contributed by atoms with van der Waals surface area (Å²) in [5, 5.41) is 9.84. The first-order valence-corrected chi connectivity index (χ1v) is 17.4. The Morgan fingerprint density at radius 1 is 0.347 bits per heavy atom. The van der Waals surface area contributed by atoms with E-state index in [-0.39, 0.29) is 0 Å². The predicted molar refractivity (Wildman–Crippen MR) is 209 cm³/mol. The second kappa shape index (κ2) is 11.2. The van der Waals surface area contributed by atoms with Gasteiger partial charge < -0.3 is 0 Å². The molecule has 0 atom stereocenters. The molecule has 0 saturated heterocycles. The fourth-order valence-corrected chi connectivity index (χ4v) is 8.46. The van der Waals surface area contributed by atoms with Gasteiger partial charge in [0.1, 0.15) is 0 Å². The minimum absolute atomic E-state index is 0.712. The number of fused-ring (bicyclic) bond motifs is 7. The first-order valence-electron chi connectivity index (χ1n) is 16.6. The van der Waals surface area contributed by atoms with Gasteiger partial charge in [-0.1, -0.05) is 140 Å². The van der Waals surface area contributed by atoms with Gasteiger partial charge in [0.05, 0.1) is 11.4 Å². The minimum atomic E-state index is 0.712. The smallest absolute Gasteiger partial charge is 0.160 e. The number of hydrogen-bond donors (Lipinski definition) is 0. The number of thiophene rings is 1. The van der Waals surface area contributed by atoms with Gasteiger partial charge in [0, 0.05) is 36.9 Å². The van der Waals surface area contributed by atoms with Crippen LogP contribution in [-0.4, -0.2) is 9.97 Å². The van der Waals surface area contributed by atoms with Crippen LogP contribution in [0.5, 0.6) is 0 Å². The highest BCUT2D eigenvalue weighted by Gasteiger charge is 2.19. The van der Waals surface area contributed by atoms with Gasteiger partial charge >= 0.3 is 0 Å². The second-order valence-electron chi connectivity index (χ2n) is 12.5. The Balaban J connectivity index is 1.26. The van der Waals surface area contributed by atoms with Gasteiger partial charge in [0.2, 0.25) is 0 Å². The molecule has 0 fully saturated rings. The van der Waals surface area contributed by atoms with E-state index < -0.39 is 0 Å². The topological polar surface area (TPSA) is 25.8 Å². The highest BCUT2D eigenvalue weighted by molar-refractivity contribution is 7.25. The Labute approximate surface area is 287 Å². The van der Waals surface area contributed by atoms with Crippen LogP contribution in [0.2, 0.25) is 0 Å². The SMILES string of the molecule is c1ccc(-c2nc(-c3ccccc3-c3ccc4sc5ccccc5c4c3)cc(-c3c4ccccc4cc4c3ccc3ccccc34)n2)cc1. The zero-order valence-electron chi connectivity index (χ0n) is 26.5. The fraction of sp³-hybridized carbons (Fsp3) is 0. The molecule has 0 aliphatic carbocycles. The Kier molecular flexibility index (Phi) is 6.39. The van der Waals surface area contributed by atoms with Crippen LogP contribution in [-0.2, 0) is 0 Å². The summed E-state index contributed by atoms with van der Waals surface area (Å²) in [7, 11) is 0. The zero-order valence-corrected chi connectivity index (χ0v) is 27.3. The van der Waals surface area contributed by atoms with E-state index in [4.69, 9.17) is 9.97 Å². The Morgan fingerprint density at radius 3 is 1.90 bits per heavy atom. The molecule has 0 N–H and O–H groups in total. The average Bonchev–Trinajstić information content (AvgIpc) is 3.55. The molecule has 0 amide bonds. The van der Waals surface area contributed by atoms with Crippen LogP contribution in [0.1, 0.15) is 0 Å². The van der Waals surface area contributed by atoms with Crippen molar-refractivity contribution in [3.8, 4) is 45.0 Å². The standard InChI is InChI=1S/C46H28N2S/c1-2-13-30(14-3-1)46-47-41(36-19-9-8-17-34(36)32-23-25-44-40(27-32)37-20-10-11-21-43(37)49-44)28-42(48-46)45-35-18-7-5-15-31(35)26-39-33-16-6-4-12-29(33)22-24-38(39)45/h1-28H. The summed E-state index contributed by atoms with van der Waals surface area (Å²) in [5.41, 5.74) is 7.34. The number of hydrogen-bond acceptors (Lipinski definition) is 3. The Bertz CT molecular complexity index is 2890. The molecule has 0 radical (unpaired) electrons. The van der Waals surface area contributed by atoms with Crippen LogP contribution in [0.15, 0.2) is 170 Å². The molecule has 0 spiro atoms. The summed E-state index contributed by atoms with van der Waals surface area (Å²) in [6.45, 7) is 0. The molecule has 10 aromatic rings. The molecule has 10 rings (SSSR count). The third-order valence-electron chi connectivity index (χ3n) is 9.68. The van der Waals surface area contributed by atoms with Crippen molar-refractivity contribution in [1.82, 2.24) is 9.97 Å². The fourth-order valence-electron chi connectivity index (χ4n) is 7.38. The summed E-state index contributed by atoms with van der Waals surface area (Å²) < 4.78 is 2.61. The van der Waals surface area contributed by atoms with Gasteiger partial charge in [-0.25, -0.2) is 9.97 Å². The van der Waals surface area contributed by atoms with Crippen molar-refractivity contribution in [3.05, 3.63) is 170 Å². The summed E-state index contributed by atoms with van der Waals surface area (Å²) in [6, 6.07) is 60.9. The first-order chi connectivity index (χ1) is 24.3. The van der Waals surface area contributed by atoms with Crippen molar-refractivity contribution < 1.29 is 0 Å². The molecular formula is C46H28N2S. The van der Waals surface area contributed by atoms with Crippen LogP contribution < -0.4 is 0 Å². The highest BCUT2D eigenvalue weighted by atomic mass is 32.1. The minimum Gasteiger partial charge on any atom is -0.228 e. The van der Waals surface area contributed by atoms with Gasteiger partial charge in [0.25, 0.3) is 0 Å². The maximum absolute atomic E-state index is 5.34. The normalized spacial score (nSPS) is 11.7. The molecule has 228 valence electrons. The van der Waals surface area contributed by atoms with E-state index in [1.54, 1.807) is 0 Å². The maximum Gasteiger partial charge on any atom is 0.160 e. The van der Waals surface area contributed by atoms with Crippen LogP contribution in [0.3, 0.4) is 0 Å². The van der Waals surface area contributed by atoms with Crippen molar-refractivity contribution in [1.29, 1.82) is 0 Å². The molecule has 0 aliphatic heterocycles. The number of benzene rings is 8. The van der Waals surface area contributed by atoms with Gasteiger partial charge in [0.15, 0.2) is 5.82 Å². The van der Waals surface area contributed by atoms with E-state index in [9.17, 15) is 0 Å². The van der Waals surface area contributed by atoms with Crippen LogP contribution >= 0.6 is 11.3 Å². The van der Waals surface area contributed by atoms with Gasteiger partial charge in [-0.2, -0.15) is 0 Å². The monoisotopic (exact) mass is 640 g/mol. The quantitative estimate of drug-likeness (QED) is 0.141. The molecular weight excluding hydrogens is 613 g/mol. The predicted octanol–water partition coefficient (Wildman–Crippen LogP) is 13.0. The number of nitrogens with zero attached hydrogens (tertiary/aromatic N) is 2. The maximum atomic E-state index is 5.34. The number of aromatic nitrogens is 2. The lowest BCUT2D eigenvalue weighted by molar-refractivity contribution is 1.19. The van der Waals surface area contributed by atoms with E-state index in [0.717, 1.165) is 33.6 Å². The lowest BCUT2D eigenvalue weighted by Gasteiger charge is -2.16. The molecule has 8 aromatic carbocycles. The van der Waals surface area contributed by atoms with Crippen molar-refractivity contribution >= 4 is 63.8 Å². The lowest BCUT2D eigenvalue weighted by Crippen LogP contribution is -1.98. The summed E-state index contributed by atoms with van der Waals surface area (Å²) in [6.07, 6.45) is 0. The summed E-state index contributed by atoms with van der Waals surface area (Å²) in [4.78, 5) is 10.6. The van der Waals surface area contributed by atoms with E-state index in [0.29, 0.717) is 5.82 Å². The van der Waals surface area contributed by atoms with Gasteiger partial charge in [-0.05, 0) is 73.8 Å². The van der Waals surface area contributed by atoms with Crippen LogP contribution in [0.25, 0.3) is 97.5 Å². The molecule has 0 saturated carbocycles. The Morgan fingerprint density at radius 2 is 1.02 bits per heavy atom. The molecule has 0 unspecified atom stereocenters. The van der Waals surface area contributed by atoms with Crippen LogP contribution in [0, 0.1) is 0 Å². The third-order valence-corrected chi connectivity index (χ3v) is 10.8. The van der Waals surface area contributed by atoms with Gasteiger partial charge in [-0.15, -0.1) is 11.3 Å². The summed E-state index contributed by atoms with van der Waals surface area (Å²) >= 11 is 1.85. The third kappa shape index (κ3) is 4.62. The molecule has 2 aromatic heterocycles. The molecule has 49 heavy (non-hydrogen) atoms.